The van der Waals surface area contributed by atoms with E-state index in [4.69, 9.17) is 10.5 Å². The maximum absolute atomic E-state index is 11.6. The molecule has 1 aromatic carbocycles. The predicted molar refractivity (Wildman–Crippen MR) is 67.7 cm³/mol. The van der Waals surface area contributed by atoms with Crippen molar-refractivity contribution in [1.29, 1.82) is 0 Å². The molecular weight excluding hydrogens is 216 g/mol. The van der Waals surface area contributed by atoms with Crippen molar-refractivity contribution < 1.29 is 9.53 Å². The van der Waals surface area contributed by atoms with Gasteiger partial charge >= 0.3 is 0 Å². The highest BCUT2D eigenvalue weighted by Gasteiger charge is 2.08. The minimum Gasteiger partial charge on any atom is -0.370 e. The SMILES string of the molecule is CN(CCc1ccccc1)C(=O)COCCN. The summed E-state index contributed by atoms with van der Waals surface area (Å²) in [6.07, 6.45) is 0.861. The van der Waals surface area contributed by atoms with Crippen molar-refractivity contribution in [3.63, 3.8) is 0 Å². The first kappa shape index (κ1) is 13.7. The van der Waals surface area contributed by atoms with Crippen molar-refractivity contribution in [2.24, 2.45) is 5.73 Å². The summed E-state index contributed by atoms with van der Waals surface area (Å²) in [6.45, 7) is 1.69. The monoisotopic (exact) mass is 236 g/mol. The first-order chi connectivity index (χ1) is 8.24. The highest BCUT2D eigenvalue weighted by Crippen LogP contribution is 2.00. The van der Waals surface area contributed by atoms with Crippen LogP contribution in [0.3, 0.4) is 0 Å². The van der Waals surface area contributed by atoms with Gasteiger partial charge in [0.15, 0.2) is 0 Å². The molecule has 0 spiro atoms. The standard InChI is InChI=1S/C13H20N2O2/c1-15(13(16)11-17-10-8-14)9-7-12-5-3-2-4-6-12/h2-6H,7-11,14H2,1H3. The molecule has 1 amide bonds. The lowest BCUT2D eigenvalue weighted by molar-refractivity contribution is -0.134. The van der Waals surface area contributed by atoms with Gasteiger partial charge in [-0.3, -0.25) is 4.79 Å². The summed E-state index contributed by atoms with van der Waals surface area (Å²) in [4.78, 5) is 13.3. The van der Waals surface area contributed by atoms with Gasteiger partial charge in [0, 0.05) is 20.1 Å². The normalized spacial score (nSPS) is 10.2. The number of amides is 1. The lowest BCUT2D eigenvalue weighted by Gasteiger charge is -2.17. The third-order valence-electron chi connectivity index (χ3n) is 2.49. The molecule has 0 bridgehead atoms. The van der Waals surface area contributed by atoms with E-state index in [-0.39, 0.29) is 12.5 Å². The van der Waals surface area contributed by atoms with E-state index >= 15 is 0 Å². The predicted octanol–water partition coefficient (Wildman–Crippen LogP) is 0.663. The molecule has 0 aromatic heterocycles. The van der Waals surface area contributed by atoms with E-state index in [1.807, 2.05) is 18.2 Å². The minimum absolute atomic E-state index is 0.00520. The zero-order chi connectivity index (χ0) is 12.5. The van der Waals surface area contributed by atoms with Crippen LogP contribution < -0.4 is 5.73 Å². The van der Waals surface area contributed by atoms with Gasteiger partial charge in [0.25, 0.3) is 0 Å². The Morgan fingerprint density at radius 2 is 2.06 bits per heavy atom. The minimum atomic E-state index is -0.00520. The largest absolute Gasteiger partial charge is 0.370 e. The van der Waals surface area contributed by atoms with Crippen LogP contribution >= 0.6 is 0 Å². The lowest BCUT2D eigenvalue weighted by Crippen LogP contribution is -2.32. The number of benzene rings is 1. The number of likely N-dealkylation sites (N-methyl/N-ethyl adjacent to an activating group) is 1. The molecule has 17 heavy (non-hydrogen) atoms. The van der Waals surface area contributed by atoms with Gasteiger partial charge in [0.1, 0.15) is 6.61 Å². The van der Waals surface area contributed by atoms with E-state index < -0.39 is 0 Å². The molecule has 0 aliphatic carbocycles. The smallest absolute Gasteiger partial charge is 0.248 e. The fourth-order valence-electron chi connectivity index (χ4n) is 1.42. The summed E-state index contributed by atoms with van der Waals surface area (Å²) in [5, 5.41) is 0. The van der Waals surface area contributed by atoms with Crippen LogP contribution in [0.25, 0.3) is 0 Å². The number of hydrogen-bond acceptors (Lipinski definition) is 3. The molecule has 1 aromatic rings. The maximum atomic E-state index is 11.6. The third-order valence-corrected chi connectivity index (χ3v) is 2.49. The zero-order valence-electron chi connectivity index (χ0n) is 10.3. The van der Waals surface area contributed by atoms with Gasteiger partial charge in [-0.15, -0.1) is 0 Å². The van der Waals surface area contributed by atoms with Gasteiger partial charge in [0.2, 0.25) is 5.91 Å². The first-order valence-corrected chi connectivity index (χ1v) is 5.79. The fourth-order valence-corrected chi connectivity index (χ4v) is 1.42. The maximum Gasteiger partial charge on any atom is 0.248 e. The molecule has 0 unspecified atom stereocenters. The Balaban J connectivity index is 2.24. The highest BCUT2D eigenvalue weighted by atomic mass is 16.5. The van der Waals surface area contributed by atoms with Crippen LogP contribution in [0.5, 0.6) is 0 Å². The van der Waals surface area contributed by atoms with Crippen molar-refractivity contribution in [1.82, 2.24) is 4.90 Å². The van der Waals surface area contributed by atoms with Crippen molar-refractivity contribution >= 4 is 5.91 Å². The van der Waals surface area contributed by atoms with E-state index in [2.05, 4.69) is 12.1 Å². The average molecular weight is 236 g/mol. The summed E-state index contributed by atoms with van der Waals surface area (Å²) in [5.74, 6) is -0.00520. The summed E-state index contributed by atoms with van der Waals surface area (Å²) >= 11 is 0. The van der Waals surface area contributed by atoms with Crippen LogP contribution in [0.2, 0.25) is 0 Å². The first-order valence-electron chi connectivity index (χ1n) is 5.79. The van der Waals surface area contributed by atoms with Crippen molar-refractivity contribution in [2.75, 3.05) is 33.4 Å². The van der Waals surface area contributed by atoms with Gasteiger partial charge in [0.05, 0.1) is 6.61 Å². The number of hydrogen-bond donors (Lipinski definition) is 1. The van der Waals surface area contributed by atoms with E-state index in [0.717, 1.165) is 6.42 Å². The summed E-state index contributed by atoms with van der Waals surface area (Å²) in [6, 6.07) is 10.1. The van der Waals surface area contributed by atoms with E-state index in [0.29, 0.717) is 19.7 Å². The van der Waals surface area contributed by atoms with Gasteiger partial charge in [-0.2, -0.15) is 0 Å². The van der Waals surface area contributed by atoms with E-state index in [1.54, 1.807) is 11.9 Å². The number of carbonyl (C=O) groups is 1. The summed E-state index contributed by atoms with van der Waals surface area (Å²) in [7, 11) is 1.79. The van der Waals surface area contributed by atoms with Crippen LogP contribution in [0, 0.1) is 0 Å². The number of ether oxygens (including phenoxy) is 1. The Kier molecular flexibility index (Phi) is 6.29. The molecule has 2 N–H and O–H groups in total. The molecule has 0 saturated heterocycles. The number of rotatable bonds is 7. The van der Waals surface area contributed by atoms with Gasteiger partial charge in [-0.25, -0.2) is 0 Å². The van der Waals surface area contributed by atoms with E-state index in [1.165, 1.54) is 5.56 Å². The molecule has 0 aliphatic heterocycles. The quantitative estimate of drug-likeness (QED) is 0.708. The van der Waals surface area contributed by atoms with Crippen LogP contribution in [0.15, 0.2) is 30.3 Å². The fraction of sp³-hybridized carbons (Fsp3) is 0.462. The molecule has 0 radical (unpaired) electrons. The topological polar surface area (TPSA) is 55.6 Å². The molecular formula is C13H20N2O2. The second-order valence-electron chi connectivity index (χ2n) is 3.89. The Labute approximate surface area is 102 Å². The van der Waals surface area contributed by atoms with Crippen molar-refractivity contribution in [3.05, 3.63) is 35.9 Å². The number of nitrogens with two attached hydrogens (primary N) is 1. The molecule has 0 aliphatic rings. The molecule has 1 rings (SSSR count). The number of carbonyl (C=O) groups excluding carboxylic acids is 1. The van der Waals surface area contributed by atoms with E-state index in [9.17, 15) is 4.79 Å². The van der Waals surface area contributed by atoms with Crippen molar-refractivity contribution in [2.45, 2.75) is 6.42 Å². The Morgan fingerprint density at radius 1 is 1.35 bits per heavy atom. The second-order valence-corrected chi connectivity index (χ2v) is 3.89. The second kappa shape index (κ2) is 7.81. The molecule has 0 fully saturated rings. The summed E-state index contributed by atoms with van der Waals surface area (Å²) < 4.78 is 5.10. The molecule has 0 saturated carbocycles. The Bertz CT molecular complexity index is 327. The zero-order valence-corrected chi connectivity index (χ0v) is 10.3. The highest BCUT2D eigenvalue weighted by molar-refractivity contribution is 5.77. The van der Waals surface area contributed by atoms with Gasteiger partial charge in [-0.05, 0) is 12.0 Å². The average Bonchev–Trinajstić information content (AvgIpc) is 2.37. The van der Waals surface area contributed by atoms with Crippen LogP contribution in [-0.4, -0.2) is 44.2 Å². The Morgan fingerprint density at radius 3 is 2.71 bits per heavy atom. The summed E-state index contributed by atoms with van der Waals surface area (Å²) in [5.41, 5.74) is 6.51. The number of nitrogens with zero attached hydrogens (tertiary/aromatic N) is 1. The molecule has 4 heteroatoms. The molecule has 0 heterocycles. The van der Waals surface area contributed by atoms with Crippen LogP contribution in [-0.2, 0) is 16.0 Å². The molecule has 94 valence electrons. The van der Waals surface area contributed by atoms with Gasteiger partial charge in [-0.1, -0.05) is 30.3 Å². The van der Waals surface area contributed by atoms with Crippen LogP contribution in [0.1, 0.15) is 5.56 Å². The Hall–Kier alpha value is -1.39. The molecule has 0 atom stereocenters. The molecule has 4 nitrogen and oxygen atoms in total. The van der Waals surface area contributed by atoms with Gasteiger partial charge < -0.3 is 15.4 Å². The van der Waals surface area contributed by atoms with Crippen LogP contribution in [0.4, 0.5) is 0 Å². The lowest BCUT2D eigenvalue weighted by atomic mass is 10.1. The third kappa shape index (κ3) is 5.47. The van der Waals surface area contributed by atoms with Crippen molar-refractivity contribution in [3.8, 4) is 0 Å².